The number of pyridine rings is 2. The molecule has 0 radical (unpaired) electrons. The van der Waals surface area contributed by atoms with Crippen LogP contribution in [0.5, 0.6) is 0 Å². The molecule has 0 bridgehead atoms. The van der Waals surface area contributed by atoms with Gasteiger partial charge in [0.05, 0.1) is 11.9 Å². The molecule has 162 valence electrons. The predicted octanol–water partition coefficient (Wildman–Crippen LogP) is 4.02. The Hall–Kier alpha value is -2.93. The van der Waals surface area contributed by atoms with Gasteiger partial charge in [0.25, 0.3) is 5.56 Å². The van der Waals surface area contributed by atoms with Gasteiger partial charge in [0, 0.05) is 18.4 Å². The van der Waals surface area contributed by atoms with Gasteiger partial charge in [0.1, 0.15) is 17.8 Å². The molecular weight excluding hydrogens is 393 g/mol. The third-order valence-corrected chi connectivity index (χ3v) is 6.56. The van der Waals surface area contributed by atoms with E-state index in [0.717, 1.165) is 24.2 Å². The number of benzene rings is 1. The van der Waals surface area contributed by atoms with Gasteiger partial charge in [0.2, 0.25) is 0 Å². The molecule has 1 atom stereocenters. The van der Waals surface area contributed by atoms with Crippen LogP contribution in [0.3, 0.4) is 0 Å². The van der Waals surface area contributed by atoms with E-state index in [-0.39, 0.29) is 5.56 Å². The number of nitrogens with zero attached hydrogens (tertiary/aromatic N) is 3. The normalized spacial score (nSPS) is 20.5. The minimum atomic E-state index is -0.833. The van der Waals surface area contributed by atoms with Crippen molar-refractivity contribution in [2.45, 2.75) is 31.4 Å². The molecule has 2 fully saturated rings. The Morgan fingerprint density at radius 2 is 1.87 bits per heavy atom. The summed E-state index contributed by atoms with van der Waals surface area (Å²) in [5, 5.41) is 4.65. The number of alkyl halides is 1. The number of nitrogens with one attached hydrogen (secondary N) is 2. The van der Waals surface area contributed by atoms with E-state index in [9.17, 15) is 9.18 Å². The number of aromatic amines is 1. The van der Waals surface area contributed by atoms with Crippen LogP contribution in [0.15, 0.2) is 47.4 Å². The number of aromatic nitrogens is 2. The zero-order valence-electron chi connectivity index (χ0n) is 17.8. The van der Waals surface area contributed by atoms with Gasteiger partial charge >= 0.3 is 0 Å². The summed E-state index contributed by atoms with van der Waals surface area (Å²) in [5.41, 5.74) is 2.05. The fourth-order valence-electron chi connectivity index (χ4n) is 4.70. The van der Waals surface area contributed by atoms with Gasteiger partial charge in [-0.05, 0) is 80.5 Å². The van der Waals surface area contributed by atoms with Crippen LogP contribution in [0.1, 0.15) is 30.7 Å². The first-order chi connectivity index (χ1) is 15.1. The highest BCUT2D eigenvalue weighted by Crippen LogP contribution is 2.31. The highest BCUT2D eigenvalue weighted by Gasteiger charge is 2.24. The number of likely N-dealkylation sites (tertiary alicyclic amines) is 1. The Kier molecular flexibility index (Phi) is 5.36. The fourth-order valence-corrected chi connectivity index (χ4v) is 4.70. The fraction of sp³-hybridized carbons (Fsp3) is 0.417. The predicted molar refractivity (Wildman–Crippen MR) is 123 cm³/mol. The smallest absolute Gasteiger partial charge is 0.259 e. The zero-order chi connectivity index (χ0) is 21.4. The van der Waals surface area contributed by atoms with E-state index in [4.69, 9.17) is 4.98 Å². The lowest BCUT2D eigenvalue weighted by Gasteiger charge is -2.29. The number of anilines is 3. The van der Waals surface area contributed by atoms with Crippen molar-refractivity contribution < 1.29 is 4.39 Å². The molecule has 0 amide bonds. The molecule has 0 aliphatic carbocycles. The molecule has 0 spiro atoms. The highest BCUT2D eigenvalue weighted by molar-refractivity contribution is 5.94. The average Bonchev–Trinajstić information content (AvgIpc) is 3.21. The van der Waals surface area contributed by atoms with Crippen molar-refractivity contribution in [1.82, 2.24) is 14.9 Å². The number of H-pyrrole nitrogens is 1. The van der Waals surface area contributed by atoms with E-state index >= 15 is 0 Å². The number of hydrogen-bond donors (Lipinski definition) is 2. The second-order valence-electron chi connectivity index (χ2n) is 8.76. The number of piperidine rings is 1. The number of hydrogen-bond acceptors (Lipinski definition) is 5. The van der Waals surface area contributed by atoms with Crippen molar-refractivity contribution in [1.29, 1.82) is 0 Å². The Morgan fingerprint density at radius 1 is 1.10 bits per heavy atom. The summed E-state index contributed by atoms with van der Waals surface area (Å²) >= 11 is 0. The lowest BCUT2D eigenvalue weighted by molar-refractivity contribution is 0.255. The second-order valence-corrected chi connectivity index (χ2v) is 8.76. The van der Waals surface area contributed by atoms with Crippen LogP contribution in [0.2, 0.25) is 0 Å². The Balaban J connectivity index is 1.44. The standard InChI is InChI=1S/C24H28FN5O/c1-29-11-7-17(8-12-29)16-2-4-20(5-3-16)27-23-22-18(6-10-26-24(22)31)14-21(28-23)30-13-9-19(25)15-30/h2-6,10,14,17,19H,7-9,11-13,15H2,1H3,(H,26,31)(H,27,28)/t19-/m0/s1. The molecule has 3 aromatic rings. The maximum Gasteiger partial charge on any atom is 0.259 e. The molecule has 2 saturated heterocycles. The summed E-state index contributed by atoms with van der Waals surface area (Å²) in [5.74, 6) is 1.80. The third-order valence-electron chi connectivity index (χ3n) is 6.56. The van der Waals surface area contributed by atoms with Gasteiger partial charge in [-0.25, -0.2) is 9.37 Å². The lowest BCUT2D eigenvalue weighted by atomic mass is 9.89. The first-order valence-electron chi connectivity index (χ1n) is 11.0. The van der Waals surface area contributed by atoms with Gasteiger partial charge in [-0.2, -0.15) is 0 Å². The average molecular weight is 422 g/mol. The van der Waals surface area contributed by atoms with Gasteiger partial charge in [0.15, 0.2) is 0 Å². The van der Waals surface area contributed by atoms with Crippen LogP contribution in [-0.4, -0.2) is 54.3 Å². The van der Waals surface area contributed by atoms with Crippen molar-refractivity contribution in [3.63, 3.8) is 0 Å². The third kappa shape index (κ3) is 4.14. The van der Waals surface area contributed by atoms with Crippen LogP contribution >= 0.6 is 0 Å². The molecular formula is C24H28FN5O. The van der Waals surface area contributed by atoms with Crippen molar-refractivity contribution >= 4 is 28.1 Å². The van der Waals surface area contributed by atoms with Gasteiger partial charge in [-0.3, -0.25) is 4.79 Å². The maximum absolute atomic E-state index is 13.8. The van der Waals surface area contributed by atoms with E-state index < -0.39 is 6.17 Å². The van der Waals surface area contributed by atoms with Crippen LogP contribution in [0, 0.1) is 0 Å². The van der Waals surface area contributed by atoms with Crippen molar-refractivity contribution in [2.24, 2.45) is 0 Å². The molecule has 31 heavy (non-hydrogen) atoms. The van der Waals surface area contributed by atoms with Crippen LogP contribution < -0.4 is 15.8 Å². The van der Waals surface area contributed by atoms with Crippen LogP contribution in [-0.2, 0) is 0 Å². The monoisotopic (exact) mass is 421 g/mol. The quantitative estimate of drug-likeness (QED) is 0.666. The molecule has 4 heterocycles. The Labute approximate surface area is 181 Å². The molecule has 1 aromatic carbocycles. The first kappa shape index (κ1) is 20.0. The summed E-state index contributed by atoms with van der Waals surface area (Å²) in [6, 6.07) is 12.2. The highest BCUT2D eigenvalue weighted by atomic mass is 19.1. The minimum Gasteiger partial charge on any atom is -0.354 e. The molecule has 2 aliphatic heterocycles. The summed E-state index contributed by atoms with van der Waals surface area (Å²) in [6.45, 7) is 3.23. The molecule has 7 heteroatoms. The summed E-state index contributed by atoms with van der Waals surface area (Å²) < 4.78 is 13.8. The largest absolute Gasteiger partial charge is 0.354 e. The SMILES string of the molecule is CN1CCC(c2ccc(Nc3nc(N4CC[C@H](F)C4)cc4cc[nH]c(=O)c34)cc2)CC1. The van der Waals surface area contributed by atoms with E-state index in [0.29, 0.717) is 42.5 Å². The molecule has 2 N–H and O–H groups in total. The number of fused-ring (bicyclic) bond motifs is 1. The van der Waals surface area contributed by atoms with Crippen molar-refractivity contribution in [3.05, 3.63) is 58.5 Å². The molecule has 5 rings (SSSR count). The van der Waals surface area contributed by atoms with Crippen molar-refractivity contribution in [3.8, 4) is 0 Å². The molecule has 6 nitrogen and oxygen atoms in total. The summed E-state index contributed by atoms with van der Waals surface area (Å²) in [7, 11) is 2.17. The van der Waals surface area contributed by atoms with E-state index in [1.165, 1.54) is 18.4 Å². The van der Waals surface area contributed by atoms with Gasteiger partial charge in [-0.15, -0.1) is 0 Å². The second kappa shape index (κ2) is 8.30. The first-order valence-corrected chi connectivity index (χ1v) is 11.0. The van der Waals surface area contributed by atoms with Crippen LogP contribution in [0.25, 0.3) is 10.8 Å². The zero-order valence-corrected chi connectivity index (χ0v) is 17.8. The van der Waals surface area contributed by atoms with Gasteiger partial charge in [-0.1, -0.05) is 12.1 Å². The number of rotatable bonds is 4. The topological polar surface area (TPSA) is 64.3 Å². The van der Waals surface area contributed by atoms with E-state index in [1.807, 2.05) is 17.0 Å². The maximum atomic E-state index is 13.8. The van der Waals surface area contributed by atoms with E-state index in [1.54, 1.807) is 6.20 Å². The molecule has 0 saturated carbocycles. The minimum absolute atomic E-state index is 0.188. The van der Waals surface area contributed by atoms with Gasteiger partial charge < -0.3 is 20.1 Å². The summed E-state index contributed by atoms with van der Waals surface area (Å²) in [6.07, 6.45) is 3.67. The van der Waals surface area contributed by atoms with E-state index in [2.05, 4.69) is 46.5 Å². The molecule has 0 unspecified atom stereocenters. The molecule has 2 aliphatic rings. The van der Waals surface area contributed by atoms with Crippen molar-refractivity contribution in [2.75, 3.05) is 43.4 Å². The molecule has 2 aromatic heterocycles. The van der Waals surface area contributed by atoms with Crippen LogP contribution in [0.4, 0.5) is 21.7 Å². The lowest BCUT2D eigenvalue weighted by Crippen LogP contribution is -2.29. The summed E-state index contributed by atoms with van der Waals surface area (Å²) in [4.78, 5) is 24.3. The Bertz CT molecular complexity index is 1120. The number of halogens is 1. The Morgan fingerprint density at radius 3 is 2.58 bits per heavy atom.